The summed E-state index contributed by atoms with van der Waals surface area (Å²) in [6.07, 6.45) is -2.89. The molecule has 17 nitrogen and oxygen atoms in total. The molecule has 1 aliphatic heterocycles. The van der Waals surface area contributed by atoms with E-state index in [1.807, 2.05) is 0 Å². The van der Waals surface area contributed by atoms with Crippen molar-refractivity contribution in [2.24, 2.45) is 0 Å². The third-order valence-electron chi connectivity index (χ3n) is 3.97. The average molecular weight is 505 g/mol. The highest BCUT2D eigenvalue weighted by Crippen LogP contribution is 2.55. The molecule has 31 heavy (non-hydrogen) atoms. The van der Waals surface area contributed by atoms with Gasteiger partial charge in [0.05, 0.1) is 19.0 Å². The van der Waals surface area contributed by atoms with Crippen LogP contribution in [0, 0.1) is 0 Å². The van der Waals surface area contributed by atoms with E-state index in [1.54, 1.807) is 0 Å². The minimum atomic E-state index is -5.01. The fourth-order valence-corrected chi connectivity index (χ4v) is 6.07. The molecule has 4 atom stereocenters. The first-order valence-electron chi connectivity index (χ1n) is 8.26. The van der Waals surface area contributed by atoms with Crippen LogP contribution in [0.15, 0.2) is 11.1 Å². The van der Waals surface area contributed by atoms with E-state index in [-0.39, 0.29) is 23.5 Å². The molecular formula is C11H18N5O12P3. The highest BCUT2D eigenvalue weighted by molar-refractivity contribution is 7.70. The molecule has 2 aromatic heterocycles. The number of fused-ring (bicyclic) bond motifs is 1. The van der Waals surface area contributed by atoms with Crippen molar-refractivity contribution in [1.82, 2.24) is 19.5 Å². The first-order valence-corrected chi connectivity index (χ1v) is 13.4. The third-order valence-corrected chi connectivity index (χ3v) is 7.97. The molecule has 3 heterocycles. The molecule has 3 rings (SSSR count). The van der Waals surface area contributed by atoms with Crippen LogP contribution in [0.4, 0.5) is 5.95 Å². The van der Waals surface area contributed by atoms with Crippen LogP contribution in [0.25, 0.3) is 11.2 Å². The molecule has 0 spiro atoms. The van der Waals surface area contributed by atoms with Gasteiger partial charge in [0.15, 0.2) is 23.3 Å². The second-order valence-electron chi connectivity index (χ2n) is 6.53. The lowest BCUT2D eigenvalue weighted by Crippen LogP contribution is -2.22. The van der Waals surface area contributed by atoms with Crippen LogP contribution in [0.5, 0.6) is 0 Å². The number of nitrogens with two attached hydrogens (primary N) is 1. The Morgan fingerprint density at radius 3 is 2.55 bits per heavy atom. The fraction of sp³-hybridized carbons (Fsp3) is 0.545. The predicted molar refractivity (Wildman–Crippen MR) is 101 cm³/mol. The van der Waals surface area contributed by atoms with Crippen molar-refractivity contribution in [2.75, 3.05) is 18.2 Å². The monoisotopic (exact) mass is 505 g/mol. The largest absolute Gasteiger partial charge is 0.470 e. The molecular weight excluding hydrogens is 487 g/mol. The molecule has 0 amide bonds. The van der Waals surface area contributed by atoms with E-state index < -0.39 is 59.5 Å². The van der Waals surface area contributed by atoms with Crippen LogP contribution in [0.2, 0.25) is 0 Å². The molecule has 174 valence electrons. The number of imidazole rings is 1. The number of nitrogens with zero attached hydrogens (tertiary/aromatic N) is 3. The number of nitrogens with one attached hydrogen (secondary N) is 1. The summed E-state index contributed by atoms with van der Waals surface area (Å²) in [6, 6.07) is 0. The van der Waals surface area contributed by atoms with Gasteiger partial charge in [0.1, 0.15) is 6.10 Å². The molecule has 2 unspecified atom stereocenters. The molecule has 0 radical (unpaired) electrons. The number of hydrogen-bond donors (Lipinski definition) is 7. The summed E-state index contributed by atoms with van der Waals surface area (Å²) < 4.78 is 50.2. The summed E-state index contributed by atoms with van der Waals surface area (Å²) in [4.78, 5) is 67.5. The van der Waals surface area contributed by atoms with Gasteiger partial charge in [0.2, 0.25) is 5.95 Å². The summed E-state index contributed by atoms with van der Waals surface area (Å²) in [5.74, 6) is -1.68. The molecule has 0 bridgehead atoms. The molecule has 2 aromatic rings. The number of rotatable bonds is 8. The summed E-state index contributed by atoms with van der Waals surface area (Å²) >= 11 is 0. The van der Waals surface area contributed by atoms with Gasteiger partial charge in [-0.25, -0.2) is 9.55 Å². The Hall–Kier alpha value is -1.48. The maximum atomic E-state index is 11.9. The van der Waals surface area contributed by atoms with E-state index in [9.17, 15) is 33.2 Å². The lowest BCUT2D eigenvalue weighted by Gasteiger charge is -2.20. The Bertz CT molecular complexity index is 1170. The van der Waals surface area contributed by atoms with Gasteiger partial charge in [0.25, 0.3) is 5.56 Å². The van der Waals surface area contributed by atoms with Gasteiger partial charge in [-0.2, -0.15) is 4.98 Å². The maximum absolute atomic E-state index is 11.9. The van der Waals surface area contributed by atoms with Crippen molar-refractivity contribution in [3.05, 3.63) is 16.7 Å². The lowest BCUT2D eigenvalue weighted by atomic mass is 10.2. The van der Waals surface area contributed by atoms with Crippen LogP contribution in [-0.4, -0.2) is 68.7 Å². The lowest BCUT2D eigenvalue weighted by molar-refractivity contribution is -0.0456. The quantitative estimate of drug-likeness (QED) is 0.208. The topological polar surface area (TPSA) is 270 Å². The Morgan fingerprint density at radius 2 is 1.94 bits per heavy atom. The summed E-state index contributed by atoms with van der Waals surface area (Å²) in [5.41, 5.74) is 4.61. The Balaban J connectivity index is 1.85. The number of nitrogen functional groups attached to an aromatic ring is 1. The molecule has 8 N–H and O–H groups in total. The molecule has 0 saturated carbocycles. The molecule has 0 aliphatic carbocycles. The van der Waals surface area contributed by atoms with Gasteiger partial charge in [-0.3, -0.25) is 28.0 Å². The van der Waals surface area contributed by atoms with Crippen molar-refractivity contribution in [3.8, 4) is 0 Å². The van der Waals surface area contributed by atoms with E-state index >= 15 is 0 Å². The molecule has 1 fully saturated rings. The number of phosphoric ester groups is 1. The number of anilines is 1. The van der Waals surface area contributed by atoms with Crippen molar-refractivity contribution in [2.45, 2.75) is 24.9 Å². The zero-order valence-corrected chi connectivity index (χ0v) is 18.0. The van der Waals surface area contributed by atoms with E-state index in [1.165, 1.54) is 0 Å². The summed E-state index contributed by atoms with van der Waals surface area (Å²) in [6.45, 7) is -0.659. The van der Waals surface area contributed by atoms with Crippen molar-refractivity contribution in [1.29, 1.82) is 0 Å². The van der Waals surface area contributed by atoms with Gasteiger partial charge in [-0.1, -0.05) is 0 Å². The van der Waals surface area contributed by atoms with Gasteiger partial charge in [0, 0.05) is 6.42 Å². The minimum absolute atomic E-state index is 0.0820. The number of aromatic amines is 1. The highest BCUT2D eigenvalue weighted by Gasteiger charge is 2.43. The third kappa shape index (κ3) is 6.28. The second-order valence-corrected chi connectivity index (χ2v) is 11.7. The second kappa shape index (κ2) is 8.46. The van der Waals surface area contributed by atoms with Gasteiger partial charge < -0.3 is 39.5 Å². The van der Waals surface area contributed by atoms with Gasteiger partial charge in [-0.15, -0.1) is 0 Å². The van der Waals surface area contributed by atoms with E-state index in [2.05, 4.69) is 19.5 Å². The number of hydrogen-bond acceptors (Lipinski definition) is 10. The SMILES string of the molecule is Nc1nc2c(ncn2[C@@H]2O[C@H](COP(=O)(O)CP(=O)(O)O)CC2OP(=O)(O)O)c(=O)[nH]1. The van der Waals surface area contributed by atoms with Crippen LogP contribution < -0.4 is 11.3 Å². The van der Waals surface area contributed by atoms with Crippen molar-refractivity contribution >= 4 is 40.1 Å². The van der Waals surface area contributed by atoms with Gasteiger partial charge in [-0.05, 0) is 0 Å². The molecule has 20 heteroatoms. The zero-order chi connectivity index (χ0) is 23.2. The smallest absolute Gasteiger partial charge is 0.369 e. The fourth-order valence-electron chi connectivity index (χ4n) is 2.94. The first kappa shape index (κ1) is 24.2. The zero-order valence-electron chi connectivity index (χ0n) is 15.3. The van der Waals surface area contributed by atoms with E-state index in [0.717, 1.165) is 10.9 Å². The van der Waals surface area contributed by atoms with Crippen LogP contribution in [0.1, 0.15) is 12.6 Å². The highest BCUT2D eigenvalue weighted by atomic mass is 31.2. The number of phosphoric acid groups is 1. The summed E-state index contributed by atoms with van der Waals surface area (Å²) in [5, 5.41) is 0. The van der Waals surface area contributed by atoms with E-state index in [0.29, 0.717) is 0 Å². The molecule has 1 aliphatic rings. The molecule has 1 saturated heterocycles. The Kier molecular flexibility index (Phi) is 6.60. The molecule has 0 aromatic carbocycles. The van der Waals surface area contributed by atoms with E-state index in [4.69, 9.17) is 24.8 Å². The van der Waals surface area contributed by atoms with Crippen LogP contribution in [-0.2, 0) is 27.5 Å². The minimum Gasteiger partial charge on any atom is -0.369 e. The van der Waals surface area contributed by atoms with Gasteiger partial charge >= 0.3 is 23.0 Å². The normalized spacial score (nSPS) is 24.5. The maximum Gasteiger partial charge on any atom is 0.470 e. The number of H-pyrrole nitrogens is 1. The van der Waals surface area contributed by atoms with Crippen molar-refractivity contribution < 1.29 is 51.9 Å². The van der Waals surface area contributed by atoms with Crippen molar-refractivity contribution in [3.63, 3.8) is 0 Å². The van der Waals surface area contributed by atoms with Crippen LogP contribution >= 0.6 is 23.0 Å². The Labute approximate surface area is 172 Å². The Morgan fingerprint density at radius 1 is 1.26 bits per heavy atom. The average Bonchev–Trinajstić information content (AvgIpc) is 3.13. The van der Waals surface area contributed by atoms with Crippen LogP contribution in [0.3, 0.4) is 0 Å². The number of ether oxygens (including phenoxy) is 1. The standard InChI is InChI=1S/C11H18N5O12P3/c12-11-14-8-7(9(17)15-11)13-3-16(8)10-6(28-31(23,24)25)1-5(27-10)2-26-30(21,22)4-29(18,19)20/h3,5-6,10H,1-2,4H2,(H,21,22)(H2,18,19,20)(H2,23,24,25)(H3,12,14,15,17)/t5-,6?,10+/m0/s1. The first-order chi connectivity index (χ1) is 14.1. The summed E-state index contributed by atoms with van der Waals surface area (Å²) in [7, 11) is -14.6. The number of aromatic nitrogens is 4. The predicted octanol–water partition coefficient (Wildman–Crippen LogP) is -1.20.